The average Bonchev–Trinajstić information content (AvgIpc) is 3.32. The number of aromatic nitrogens is 2. The number of hydrogen-bond acceptors (Lipinski definition) is 7. The van der Waals surface area contributed by atoms with Gasteiger partial charge in [-0.25, -0.2) is 14.8 Å². The van der Waals surface area contributed by atoms with Gasteiger partial charge in [0.25, 0.3) is 0 Å². The van der Waals surface area contributed by atoms with Crippen molar-refractivity contribution in [1.82, 2.24) is 14.9 Å². The maximum Gasteiger partial charge on any atom is 0.347 e. The lowest BCUT2D eigenvalue weighted by atomic mass is 10.0. The molecule has 29 heavy (non-hydrogen) atoms. The lowest BCUT2D eigenvalue weighted by molar-refractivity contribution is -0.152. The molecular weight excluding hydrogens is 374 g/mol. The highest BCUT2D eigenvalue weighted by molar-refractivity contribution is 5.77. The number of aliphatic carboxylic acids is 1. The number of rotatable bonds is 9. The summed E-state index contributed by atoms with van der Waals surface area (Å²) in [5.74, 6) is 0.790. The molecule has 2 aromatic heterocycles. The predicted molar refractivity (Wildman–Crippen MR) is 104 cm³/mol. The molecule has 0 bridgehead atoms. The van der Waals surface area contributed by atoms with E-state index < -0.39 is 11.6 Å². The molecule has 0 atom stereocenters. The molecule has 0 saturated carbocycles. The van der Waals surface area contributed by atoms with Gasteiger partial charge in [0.1, 0.15) is 18.3 Å². The minimum Gasteiger partial charge on any atom is -0.478 e. The number of benzene rings is 1. The van der Waals surface area contributed by atoms with Crippen LogP contribution in [-0.2, 0) is 24.4 Å². The molecule has 2 heterocycles. The largest absolute Gasteiger partial charge is 0.478 e. The molecule has 8 heteroatoms. The highest BCUT2D eigenvalue weighted by Gasteiger charge is 2.30. The van der Waals surface area contributed by atoms with E-state index in [4.69, 9.17) is 13.6 Å². The van der Waals surface area contributed by atoms with Crippen molar-refractivity contribution in [2.45, 2.75) is 52.9 Å². The molecule has 3 aromatic rings. The number of ether oxygens (including phenoxy) is 1. The molecule has 0 radical (unpaired) electrons. The molecule has 1 aromatic carbocycles. The number of carbonyl (C=O) groups is 1. The van der Waals surface area contributed by atoms with Gasteiger partial charge in [-0.2, -0.15) is 0 Å². The third-order valence-electron chi connectivity index (χ3n) is 4.48. The zero-order valence-electron chi connectivity index (χ0n) is 17.0. The zero-order valence-corrected chi connectivity index (χ0v) is 17.0. The lowest BCUT2D eigenvalue weighted by Crippen LogP contribution is -2.38. The van der Waals surface area contributed by atoms with Gasteiger partial charge in [-0.1, -0.05) is 12.1 Å². The third kappa shape index (κ3) is 5.23. The van der Waals surface area contributed by atoms with Crippen molar-refractivity contribution in [3.05, 3.63) is 65.5 Å². The van der Waals surface area contributed by atoms with E-state index >= 15 is 0 Å². The van der Waals surface area contributed by atoms with Crippen molar-refractivity contribution in [1.29, 1.82) is 0 Å². The van der Waals surface area contributed by atoms with E-state index in [0.29, 0.717) is 37.2 Å². The number of hydrogen-bond donors (Lipinski definition) is 1. The van der Waals surface area contributed by atoms with Crippen LogP contribution in [0.25, 0.3) is 0 Å². The monoisotopic (exact) mass is 399 g/mol. The summed E-state index contributed by atoms with van der Waals surface area (Å²) >= 11 is 0. The summed E-state index contributed by atoms with van der Waals surface area (Å²) in [6, 6.07) is 4.00. The third-order valence-corrected chi connectivity index (χ3v) is 4.48. The van der Waals surface area contributed by atoms with Crippen molar-refractivity contribution in [3.8, 4) is 5.75 Å². The number of aryl methyl sites for hydroxylation is 2. The molecule has 1 N–H and O–H groups in total. The van der Waals surface area contributed by atoms with Crippen molar-refractivity contribution >= 4 is 5.97 Å². The van der Waals surface area contributed by atoms with Crippen LogP contribution in [-0.4, -0.2) is 31.5 Å². The number of oxazole rings is 2. The van der Waals surface area contributed by atoms with Crippen LogP contribution in [0, 0.1) is 13.8 Å². The van der Waals surface area contributed by atoms with Gasteiger partial charge in [0.2, 0.25) is 11.8 Å². The van der Waals surface area contributed by atoms with E-state index in [1.165, 1.54) is 13.8 Å². The van der Waals surface area contributed by atoms with E-state index in [1.54, 1.807) is 24.9 Å². The first kappa shape index (κ1) is 20.6. The van der Waals surface area contributed by atoms with E-state index in [0.717, 1.165) is 16.7 Å². The molecular formula is C21H25N3O5. The summed E-state index contributed by atoms with van der Waals surface area (Å²) in [6.45, 7) is 8.50. The van der Waals surface area contributed by atoms with Gasteiger partial charge in [0.15, 0.2) is 5.60 Å². The first-order chi connectivity index (χ1) is 13.7. The summed E-state index contributed by atoms with van der Waals surface area (Å²) in [4.78, 5) is 21.9. The van der Waals surface area contributed by atoms with Crippen molar-refractivity contribution in [3.63, 3.8) is 0 Å². The Balaban J connectivity index is 1.81. The van der Waals surface area contributed by atoms with Crippen molar-refractivity contribution in [2.24, 2.45) is 0 Å². The van der Waals surface area contributed by atoms with Gasteiger partial charge in [-0.05, 0) is 44.4 Å². The van der Waals surface area contributed by atoms with Gasteiger partial charge < -0.3 is 18.7 Å². The topological polar surface area (TPSA) is 102 Å². The Kier molecular flexibility index (Phi) is 6.03. The second-order valence-electron chi connectivity index (χ2n) is 7.47. The van der Waals surface area contributed by atoms with E-state index in [9.17, 15) is 9.90 Å². The summed E-state index contributed by atoms with van der Waals surface area (Å²) < 4.78 is 16.6. The van der Waals surface area contributed by atoms with Gasteiger partial charge in [0.05, 0.1) is 25.5 Å². The van der Waals surface area contributed by atoms with E-state index in [2.05, 4.69) is 14.9 Å². The Morgan fingerprint density at radius 2 is 1.55 bits per heavy atom. The molecule has 0 spiro atoms. The van der Waals surface area contributed by atoms with Crippen LogP contribution in [0.2, 0.25) is 0 Å². The highest BCUT2D eigenvalue weighted by atomic mass is 16.5. The second kappa shape index (κ2) is 8.48. The van der Waals surface area contributed by atoms with Gasteiger partial charge in [-0.15, -0.1) is 0 Å². The fraction of sp³-hybridized carbons (Fsp3) is 0.381. The SMILES string of the molecule is Cc1cc(CN(Cc2ncco2)Cc2ncco2)cc(C)c1OC(C)(C)C(=O)O. The van der Waals surface area contributed by atoms with E-state index in [-0.39, 0.29) is 0 Å². The summed E-state index contributed by atoms with van der Waals surface area (Å²) in [5, 5.41) is 9.34. The molecule has 0 fully saturated rings. The van der Waals surface area contributed by atoms with Gasteiger partial charge >= 0.3 is 5.97 Å². The van der Waals surface area contributed by atoms with E-state index in [1.807, 2.05) is 26.0 Å². The number of nitrogens with zero attached hydrogens (tertiary/aromatic N) is 3. The molecule has 0 aliphatic heterocycles. The molecule has 3 rings (SSSR count). The Morgan fingerprint density at radius 1 is 1.03 bits per heavy atom. The maximum absolute atomic E-state index is 11.4. The molecule has 154 valence electrons. The van der Waals surface area contributed by atoms with Crippen molar-refractivity contribution < 1.29 is 23.5 Å². The first-order valence-electron chi connectivity index (χ1n) is 9.26. The van der Waals surface area contributed by atoms with Crippen molar-refractivity contribution in [2.75, 3.05) is 0 Å². The molecule has 8 nitrogen and oxygen atoms in total. The Morgan fingerprint density at radius 3 is 1.97 bits per heavy atom. The van der Waals surface area contributed by atoms with Gasteiger partial charge in [0, 0.05) is 6.54 Å². The fourth-order valence-electron chi connectivity index (χ4n) is 3.06. The predicted octanol–water partition coefficient (Wildman–Crippen LogP) is 3.72. The zero-order chi connectivity index (χ0) is 21.0. The second-order valence-corrected chi connectivity index (χ2v) is 7.47. The molecule has 0 amide bonds. The first-order valence-corrected chi connectivity index (χ1v) is 9.26. The van der Waals surface area contributed by atoms with Gasteiger partial charge in [-0.3, -0.25) is 4.90 Å². The van der Waals surface area contributed by atoms with Crippen LogP contribution in [0.5, 0.6) is 5.75 Å². The smallest absolute Gasteiger partial charge is 0.347 e. The molecule has 0 saturated heterocycles. The molecule has 0 aliphatic rings. The Bertz CT molecular complexity index is 890. The molecule has 0 unspecified atom stereocenters. The number of carboxylic acids is 1. The van der Waals surface area contributed by atoms with Crippen LogP contribution in [0.4, 0.5) is 0 Å². The van der Waals surface area contributed by atoms with Crippen LogP contribution >= 0.6 is 0 Å². The van der Waals surface area contributed by atoms with Crippen LogP contribution in [0.15, 0.2) is 45.9 Å². The van der Waals surface area contributed by atoms with Crippen LogP contribution in [0.1, 0.15) is 42.3 Å². The maximum atomic E-state index is 11.4. The Hall–Kier alpha value is -3.13. The van der Waals surface area contributed by atoms with Crippen LogP contribution in [0.3, 0.4) is 0 Å². The minimum atomic E-state index is -1.31. The minimum absolute atomic E-state index is 0.498. The average molecular weight is 399 g/mol. The standard InChI is InChI=1S/C21H25N3O5/c1-14-9-16(10-15(2)19(14)29-21(3,4)20(25)26)11-24(12-17-22-5-7-27-17)13-18-23-6-8-28-18/h5-10H,11-13H2,1-4H3,(H,25,26). The summed E-state index contributed by atoms with van der Waals surface area (Å²) in [5.41, 5.74) is 1.50. The highest BCUT2D eigenvalue weighted by Crippen LogP contribution is 2.29. The molecule has 0 aliphatic carbocycles. The quantitative estimate of drug-likeness (QED) is 0.581. The van der Waals surface area contributed by atoms with Crippen LogP contribution < -0.4 is 4.74 Å². The normalized spacial score (nSPS) is 11.8. The Labute approximate surface area is 169 Å². The summed E-state index contributed by atoms with van der Waals surface area (Å²) in [7, 11) is 0. The number of carboxylic acid groups (broad SMARTS) is 1. The fourth-order valence-corrected chi connectivity index (χ4v) is 3.06. The summed E-state index contributed by atoms with van der Waals surface area (Å²) in [6.07, 6.45) is 6.32. The lowest BCUT2D eigenvalue weighted by Gasteiger charge is -2.25.